The van der Waals surface area contributed by atoms with Crippen molar-refractivity contribution in [3.63, 3.8) is 0 Å². The van der Waals surface area contributed by atoms with E-state index in [-0.39, 0.29) is 0 Å². The van der Waals surface area contributed by atoms with Crippen LogP contribution in [0.4, 0.5) is 11.6 Å². The van der Waals surface area contributed by atoms with Gasteiger partial charge in [0.05, 0.1) is 17.2 Å². The largest absolute Gasteiger partial charge is 0.363 e. The minimum absolute atomic E-state index is 0.377. The molecule has 0 saturated carbocycles. The summed E-state index contributed by atoms with van der Waals surface area (Å²) in [5, 5.41) is 14.0. The number of hydrogen-bond donors (Lipinski definition) is 1. The Balaban J connectivity index is 1.62. The first-order chi connectivity index (χ1) is 12.7. The quantitative estimate of drug-likeness (QED) is 0.556. The highest BCUT2D eigenvalue weighted by Crippen LogP contribution is 2.25. The SMILES string of the molecule is Cc1nc(CN(C)c2nc3nonc3nc2NCc2ccccc2)cs1. The summed E-state index contributed by atoms with van der Waals surface area (Å²) in [4.78, 5) is 15.6. The van der Waals surface area contributed by atoms with E-state index in [1.165, 1.54) is 0 Å². The Kier molecular flexibility index (Phi) is 4.44. The van der Waals surface area contributed by atoms with Crippen LogP contribution in [0, 0.1) is 6.92 Å². The summed E-state index contributed by atoms with van der Waals surface area (Å²) in [6.07, 6.45) is 0. The lowest BCUT2D eigenvalue weighted by Gasteiger charge is -2.19. The molecule has 26 heavy (non-hydrogen) atoms. The van der Waals surface area contributed by atoms with Crippen molar-refractivity contribution in [3.8, 4) is 0 Å². The molecule has 4 rings (SSSR count). The van der Waals surface area contributed by atoms with E-state index >= 15 is 0 Å². The fourth-order valence-electron chi connectivity index (χ4n) is 2.59. The summed E-state index contributed by atoms with van der Waals surface area (Å²) in [6.45, 7) is 3.24. The minimum atomic E-state index is 0.377. The van der Waals surface area contributed by atoms with E-state index in [1.54, 1.807) is 11.3 Å². The summed E-state index contributed by atoms with van der Waals surface area (Å²) in [5.41, 5.74) is 2.90. The van der Waals surface area contributed by atoms with Gasteiger partial charge in [0, 0.05) is 19.0 Å². The number of benzene rings is 1. The van der Waals surface area contributed by atoms with Gasteiger partial charge in [-0.1, -0.05) is 30.3 Å². The molecule has 1 aromatic carbocycles. The van der Waals surface area contributed by atoms with Crippen LogP contribution < -0.4 is 10.2 Å². The van der Waals surface area contributed by atoms with Crippen molar-refractivity contribution in [2.45, 2.75) is 20.0 Å². The molecular formula is C17H17N7OS. The highest BCUT2D eigenvalue weighted by Gasteiger charge is 2.17. The third-order valence-electron chi connectivity index (χ3n) is 3.83. The molecule has 0 aliphatic rings. The second kappa shape index (κ2) is 7.04. The maximum Gasteiger partial charge on any atom is 0.245 e. The molecule has 3 heterocycles. The highest BCUT2D eigenvalue weighted by molar-refractivity contribution is 7.09. The van der Waals surface area contributed by atoms with Crippen molar-refractivity contribution in [1.29, 1.82) is 0 Å². The van der Waals surface area contributed by atoms with Gasteiger partial charge in [0.15, 0.2) is 11.6 Å². The Morgan fingerprint density at radius 1 is 1.08 bits per heavy atom. The van der Waals surface area contributed by atoms with Crippen LogP contribution in [0.3, 0.4) is 0 Å². The molecule has 132 valence electrons. The molecule has 0 radical (unpaired) electrons. The number of nitrogens with one attached hydrogen (secondary N) is 1. The van der Waals surface area contributed by atoms with Crippen molar-refractivity contribution in [2.75, 3.05) is 17.3 Å². The second-order valence-corrected chi connectivity index (χ2v) is 6.92. The van der Waals surface area contributed by atoms with Crippen LogP contribution in [0.2, 0.25) is 0 Å². The van der Waals surface area contributed by atoms with Crippen LogP contribution in [0.1, 0.15) is 16.3 Å². The van der Waals surface area contributed by atoms with E-state index in [1.807, 2.05) is 42.5 Å². The molecule has 4 aromatic rings. The van der Waals surface area contributed by atoms with Crippen molar-refractivity contribution in [3.05, 3.63) is 52.0 Å². The summed E-state index contributed by atoms with van der Waals surface area (Å²) < 4.78 is 4.76. The number of hydrogen-bond acceptors (Lipinski definition) is 9. The number of rotatable bonds is 6. The van der Waals surface area contributed by atoms with Gasteiger partial charge in [-0.3, -0.25) is 0 Å². The molecule has 1 N–H and O–H groups in total. The van der Waals surface area contributed by atoms with Crippen molar-refractivity contribution < 1.29 is 4.63 Å². The molecule has 0 fully saturated rings. The normalized spacial score (nSPS) is 11.0. The first-order valence-electron chi connectivity index (χ1n) is 8.09. The number of fused-ring (bicyclic) bond motifs is 1. The Labute approximate surface area is 153 Å². The summed E-state index contributed by atoms with van der Waals surface area (Å²) in [5.74, 6) is 1.31. The van der Waals surface area contributed by atoms with Crippen LogP contribution in [0.5, 0.6) is 0 Å². The predicted octanol–water partition coefficient (Wildman–Crippen LogP) is 3.03. The molecule has 8 nitrogen and oxygen atoms in total. The number of anilines is 2. The van der Waals surface area contributed by atoms with Crippen LogP contribution in [0.25, 0.3) is 11.3 Å². The topological polar surface area (TPSA) is 92.9 Å². The molecule has 0 bridgehead atoms. The van der Waals surface area contributed by atoms with Crippen LogP contribution in [-0.4, -0.2) is 32.3 Å². The maximum absolute atomic E-state index is 4.76. The maximum atomic E-state index is 4.76. The standard InChI is InChI=1S/C17H17N7OS/c1-11-19-13(10-26-11)9-24(2)17-16(18-8-12-6-4-3-5-7-12)20-14-15(21-17)23-25-22-14/h3-7,10H,8-9H2,1-2H3,(H,18,20,22). The van der Waals surface area contributed by atoms with Crippen molar-refractivity contribution in [1.82, 2.24) is 25.3 Å². The molecule has 0 saturated heterocycles. The molecule has 0 amide bonds. The van der Waals surface area contributed by atoms with Crippen molar-refractivity contribution in [2.24, 2.45) is 0 Å². The number of thiazole rings is 1. The molecule has 3 aromatic heterocycles. The Morgan fingerprint density at radius 3 is 2.58 bits per heavy atom. The number of aromatic nitrogens is 5. The van der Waals surface area contributed by atoms with Gasteiger partial charge in [0.2, 0.25) is 11.3 Å². The van der Waals surface area contributed by atoms with Gasteiger partial charge in [-0.2, -0.15) is 0 Å². The molecule has 0 aliphatic heterocycles. The zero-order valence-electron chi connectivity index (χ0n) is 14.4. The van der Waals surface area contributed by atoms with Gasteiger partial charge in [-0.25, -0.2) is 19.6 Å². The third kappa shape index (κ3) is 3.47. The lowest BCUT2D eigenvalue weighted by atomic mass is 10.2. The summed E-state index contributed by atoms with van der Waals surface area (Å²) in [7, 11) is 1.95. The zero-order chi connectivity index (χ0) is 17.9. The Morgan fingerprint density at radius 2 is 1.85 bits per heavy atom. The average molecular weight is 367 g/mol. The summed E-state index contributed by atoms with van der Waals surface area (Å²) >= 11 is 1.63. The Bertz CT molecular complexity index is 1010. The molecule has 0 spiro atoms. The monoisotopic (exact) mass is 367 g/mol. The highest BCUT2D eigenvalue weighted by atomic mass is 32.1. The number of aryl methyl sites for hydroxylation is 1. The molecular weight excluding hydrogens is 350 g/mol. The lowest BCUT2D eigenvalue weighted by molar-refractivity contribution is 0.314. The van der Waals surface area contributed by atoms with Crippen LogP contribution in [0.15, 0.2) is 40.3 Å². The second-order valence-electron chi connectivity index (χ2n) is 5.86. The van der Waals surface area contributed by atoms with E-state index < -0.39 is 0 Å². The Hall–Kier alpha value is -3.07. The van der Waals surface area contributed by atoms with Crippen LogP contribution in [-0.2, 0) is 13.1 Å². The minimum Gasteiger partial charge on any atom is -0.363 e. The van der Waals surface area contributed by atoms with Gasteiger partial charge in [0.1, 0.15) is 0 Å². The van der Waals surface area contributed by atoms with Gasteiger partial charge in [0.25, 0.3) is 0 Å². The van der Waals surface area contributed by atoms with Crippen molar-refractivity contribution >= 4 is 34.3 Å². The molecule has 9 heteroatoms. The molecule has 0 unspecified atom stereocenters. The fraction of sp³-hybridized carbons (Fsp3) is 0.235. The molecule has 0 atom stereocenters. The third-order valence-corrected chi connectivity index (χ3v) is 4.65. The van der Waals surface area contributed by atoms with Gasteiger partial charge >= 0.3 is 0 Å². The van der Waals surface area contributed by atoms with Gasteiger partial charge < -0.3 is 10.2 Å². The first kappa shape index (κ1) is 16.4. The lowest BCUT2D eigenvalue weighted by Crippen LogP contribution is -2.20. The molecule has 0 aliphatic carbocycles. The fourth-order valence-corrected chi connectivity index (χ4v) is 3.20. The summed E-state index contributed by atoms with van der Waals surface area (Å²) in [6, 6.07) is 10.1. The van der Waals surface area contributed by atoms with Crippen LogP contribution >= 0.6 is 11.3 Å². The smallest absolute Gasteiger partial charge is 0.245 e. The average Bonchev–Trinajstić information content (AvgIpc) is 3.28. The van der Waals surface area contributed by atoms with E-state index in [0.717, 1.165) is 16.3 Å². The predicted molar refractivity (Wildman–Crippen MR) is 100 cm³/mol. The van der Waals surface area contributed by atoms with E-state index in [0.29, 0.717) is 36.0 Å². The first-order valence-corrected chi connectivity index (χ1v) is 8.97. The van der Waals surface area contributed by atoms with E-state index in [9.17, 15) is 0 Å². The van der Waals surface area contributed by atoms with E-state index in [2.05, 4.69) is 42.7 Å². The van der Waals surface area contributed by atoms with E-state index in [4.69, 9.17) is 4.63 Å². The van der Waals surface area contributed by atoms with Gasteiger partial charge in [-0.15, -0.1) is 11.3 Å². The number of nitrogens with zero attached hydrogens (tertiary/aromatic N) is 6. The van der Waals surface area contributed by atoms with Gasteiger partial charge in [-0.05, 0) is 22.8 Å². The zero-order valence-corrected chi connectivity index (χ0v) is 15.2.